The lowest BCUT2D eigenvalue weighted by molar-refractivity contribution is -0.117. The summed E-state index contributed by atoms with van der Waals surface area (Å²) < 4.78 is 0. The van der Waals surface area contributed by atoms with Crippen molar-refractivity contribution in [1.82, 2.24) is 4.98 Å². The molecule has 1 aliphatic rings. The number of rotatable bonds is 1. The summed E-state index contributed by atoms with van der Waals surface area (Å²) in [6.07, 6.45) is 1.75. The number of hydrogen-bond acceptors (Lipinski definition) is 5. The van der Waals surface area contributed by atoms with E-state index in [1.54, 1.807) is 24.4 Å². The standard InChI is InChI=1S/C15H11N3O2S/c16-7-3-5-11-9-17-15(21-11)18-13(19)8-10-4-1-2-6-12(10)14(18)20/h1-2,4,6,9H,7-8,16H2. The Morgan fingerprint density at radius 2 is 2.14 bits per heavy atom. The number of benzene rings is 1. The van der Waals surface area contributed by atoms with Gasteiger partial charge in [0.25, 0.3) is 5.91 Å². The van der Waals surface area contributed by atoms with Crippen LogP contribution in [0.25, 0.3) is 0 Å². The van der Waals surface area contributed by atoms with E-state index in [1.165, 1.54) is 11.3 Å². The van der Waals surface area contributed by atoms with Gasteiger partial charge in [-0.15, -0.1) is 0 Å². The molecule has 0 fully saturated rings. The van der Waals surface area contributed by atoms with Crippen molar-refractivity contribution in [2.45, 2.75) is 6.42 Å². The van der Waals surface area contributed by atoms with Crippen LogP contribution in [0.4, 0.5) is 5.13 Å². The highest BCUT2D eigenvalue weighted by atomic mass is 32.1. The Balaban J connectivity index is 1.97. The van der Waals surface area contributed by atoms with Crippen molar-refractivity contribution in [2.24, 2.45) is 5.73 Å². The molecule has 2 N–H and O–H groups in total. The van der Waals surface area contributed by atoms with Gasteiger partial charge in [-0.1, -0.05) is 41.4 Å². The highest BCUT2D eigenvalue weighted by Gasteiger charge is 2.33. The minimum absolute atomic E-state index is 0.200. The topological polar surface area (TPSA) is 76.3 Å². The van der Waals surface area contributed by atoms with Crippen LogP contribution in [-0.2, 0) is 11.2 Å². The summed E-state index contributed by atoms with van der Waals surface area (Å²) >= 11 is 1.21. The highest BCUT2D eigenvalue weighted by molar-refractivity contribution is 7.16. The minimum Gasteiger partial charge on any atom is -0.320 e. The molecule has 21 heavy (non-hydrogen) atoms. The third-order valence-corrected chi connectivity index (χ3v) is 3.94. The van der Waals surface area contributed by atoms with E-state index in [2.05, 4.69) is 16.8 Å². The molecule has 0 radical (unpaired) electrons. The van der Waals surface area contributed by atoms with E-state index in [0.29, 0.717) is 15.6 Å². The molecule has 0 spiro atoms. The summed E-state index contributed by atoms with van der Waals surface area (Å²) in [4.78, 5) is 30.6. The number of carbonyl (C=O) groups is 2. The van der Waals surface area contributed by atoms with Crippen LogP contribution < -0.4 is 10.6 Å². The first kappa shape index (κ1) is 13.5. The Hall–Kier alpha value is -2.49. The minimum atomic E-state index is -0.338. The average molecular weight is 297 g/mol. The predicted octanol–water partition coefficient (Wildman–Crippen LogP) is 1.18. The second-order valence-corrected chi connectivity index (χ2v) is 5.39. The van der Waals surface area contributed by atoms with Gasteiger partial charge in [0.1, 0.15) is 0 Å². The van der Waals surface area contributed by atoms with Crippen LogP contribution in [0.3, 0.4) is 0 Å². The first-order valence-corrected chi connectivity index (χ1v) is 7.12. The number of nitrogens with zero attached hydrogens (tertiary/aromatic N) is 2. The van der Waals surface area contributed by atoms with Crippen molar-refractivity contribution in [3.8, 4) is 11.8 Å². The molecule has 2 amide bonds. The maximum absolute atomic E-state index is 12.5. The zero-order valence-corrected chi connectivity index (χ0v) is 11.8. The third kappa shape index (κ3) is 2.44. The van der Waals surface area contributed by atoms with Gasteiger partial charge in [0.15, 0.2) is 0 Å². The lowest BCUT2D eigenvalue weighted by atomic mass is 9.99. The van der Waals surface area contributed by atoms with Crippen LogP contribution in [-0.4, -0.2) is 23.3 Å². The molecule has 3 rings (SSSR count). The van der Waals surface area contributed by atoms with E-state index in [4.69, 9.17) is 5.73 Å². The molecular weight excluding hydrogens is 286 g/mol. The number of carbonyl (C=O) groups excluding carboxylic acids is 2. The lowest BCUT2D eigenvalue weighted by Crippen LogP contribution is -2.42. The Labute approximate surface area is 125 Å². The number of fused-ring (bicyclic) bond motifs is 1. The summed E-state index contributed by atoms with van der Waals surface area (Å²) in [5, 5.41) is 0.348. The fourth-order valence-electron chi connectivity index (χ4n) is 2.12. The van der Waals surface area contributed by atoms with Gasteiger partial charge in [0, 0.05) is 5.56 Å². The summed E-state index contributed by atoms with van der Waals surface area (Å²) in [7, 11) is 0. The van der Waals surface area contributed by atoms with Gasteiger partial charge in [-0.05, 0) is 11.6 Å². The summed E-state index contributed by atoms with van der Waals surface area (Å²) in [5.41, 5.74) is 6.61. The van der Waals surface area contributed by atoms with Crippen molar-refractivity contribution < 1.29 is 9.59 Å². The van der Waals surface area contributed by atoms with Crippen molar-refractivity contribution in [3.63, 3.8) is 0 Å². The fraction of sp³-hybridized carbons (Fsp3) is 0.133. The second-order valence-electron chi connectivity index (χ2n) is 4.38. The normalized spacial score (nSPS) is 13.7. The molecule has 6 heteroatoms. The van der Waals surface area contributed by atoms with E-state index in [0.717, 1.165) is 10.5 Å². The third-order valence-electron chi connectivity index (χ3n) is 3.04. The van der Waals surface area contributed by atoms with Crippen LogP contribution in [0, 0.1) is 11.8 Å². The fourth-order valence-corrected chi connectivity index (χ4v) is 2.92. The lowest BCUT2D eigenvalue weighted by Gasteiger charge is -2.24. The smallest absolute Gasteiger partial charge is 0.267 e. The van der Waals surface area contributed by atoms with Crippen molar-refractivity contribution >= 4 is 28.3 Å². The summed E-state index contributed by atoms with van der Waals surface area (Å²) in [5.74, 6) is 4.95. The largest absolute Gasteiger partial charge is 0.320 e. The first-order valence-electron chi connectivity index (χ1n) is 6.30. The number of amides is 2. The van der Waals surface area contributed by atoms with Gasteiger partial charge >= 0.3 is 0 Å². The quantitative estimate of drug-likeness (QED) is 0.633. The Kier molecular flexibility index (Phi) is 3.52. The number of aromatic nitrogens is 1. The number of thiazole rings is 1. The Morgan fingerprint density at radius 3 is 2.95 bits per heavy atom. The number of imide groups is 1. The van der Waals surface area contributed by atoms with Crippen LogP contribution in [0.15, 0.2) is 30.5 Å². The molecule has 0 aliphatic carbocycles. The Bertz CT molecular complexity index is 785. The van der Waals surface area contributed by atoms with Crippen LogP contribution in [0.5, 0.6) is 0 Å². The monoisotopic (exact) mass is 297 g/mol. The molecule has 2 heterocycles. The molecule has 5 nitrogen and oxygen atoms in total. The maximum Gasteiger partial charge on any atom is 0.267 e. The molecule has 0 atom stereocenters. The molecule has 0 saturated heterocycles. The Morgan fingerprint density at radius 1 is 1.33 bits per heavy atom. The van der Waals surface area contributed by atoms with Gasteiger partial charge in [-0.25, -0.2) is 9.88 Å². The van der Waals surface area contributed by atoms with Crippen LogP contribution >= 0.6 is 11.3 Å². The number of anilines is 1. The molecule has 104 valence electrons. The van der Waals surface area contributed by atoms with Gasteiger partial charge < -0.3 is 5.73 Å². The number of hydrogen-bond donors (Lipinski definition) is 1. The molecule has 1 aliphatic heterocycles. The van der Waals surface area contributed by atoms with Crippen LogP contribution in [0.1, 0.15) is 20.8 Å². The SMILES string of the molecule is NCC#Cc1cnc(N2C(=O)Cc3ccccc3C2=O)s1. The second kappa shape index (κ2) is 5.48. The predicted molar refractivity (Wildman–Crippen MR) is 80.0 cm³/mol. The van der Waals surface area contributed by atoms with Gasteiger partial charge in [-0.3, -0.25) is 9.59 Å². The molecule has 1 aromatic carbocycles. The van der Waals surface area contributed by atoms with E-state index in [1.807, 2.05) is 6.07 Å². The van der Waals surface area contributed by atoms with E-state index in [-0.39, 0.29) is 24.8 Å². The van der Waals surface area contributed by atoms with Gasteiger partial charge in [0.05, 0.1) is 24.0 Å². The number of nitrogens with two attached hydrogens (primary N) is 1. The summed E-state index contributed by atoms with van der Waals surface area (Å²) in [6, 6.07) is 7.12. The van der Waals surface area contributed by atoms with Crippen molar-refractivity contribution in [3.05, 3.63) is 46.5 Å². The summed E-state index contributed by atoms with van der Waals surface area (Å²) in [6.45, 7) is 0.252. The zero-order chi connectivity index (χ0) is 14.8. The molecule has 1 aromatic heterocycles. The van der Waals surface area contributed by atoms with Gasteiger partial charge in [0.2, 0.25) is 11.0 Å². The molecule has 0 unspecified atom stereocenters. The van der Waals surface area contributed by atoms with Crippen molar-refractivity contribution in [2.75, 3.05) is 11.4 Å². The van der Waals surface area contributed by atoms with Gasteiger partial charge in [-0.2, -0.15) is 0 Å². The van der Waals surface area contributed by atoms with E-state index in [9.17, 15) is 9.59 Å². The highest BCUT2D eigenvalue weighted by Crippen LogP contribution is 2.28. The molecule has 0 bridgehead atoms. The first-order chi connectivity index (χ1) is 10.2. The molecule has 0 saturated carbocycles. The maximum atomic E-state index is 12.5. The van der Waals surface area contributed by atoms with Crippen LogP contribution in [0.2, 0.25) is 0 Å². The molecule has 2 aromatic rings. The van der Waals surface area contributed by atoms with E-state index >= 15 is 0 Å². The van der Waals surface area contributed by atoms with Crippen molar-refractivity contribution in [1.29, 1.82) is 0 Å². The zero-order valence-electron chi connectivity index (χ0n) is 11.0. The molecular formula is C15H11N3O2S. The van der Waals surface area contributed by atoms with E-state index < -0.39 is 0 Å². The average Bonchev–Trinajstić information content (AvgIpc) is 2.93.